The van der Waals surface area contributed by atoms with E-state index in [9.17, 15) is 4.79 Å². The summed E-state index contributed by atoms with van der Waals surface area (Å²) < 4.78 is 9.16. The van der Waals surface area contributed by atoms with E-state index in [4.69, 9.17) is 4.74 Å². The monoisotopic (exact) mass is 433 g/mol. The van der Waals surface area contributed by atoms with E-state index >= 15 is 0 Å². The van der Waals surface area contributed by atoms with E-state index in [0.717, 1.165) is 28.3 Å². The van der Waals surface area contributed by atoms with Gasteiger partial charge in [-0.15, -0.1) is 5.10 Å². The molecule has 0 saturated carbocycles. The number of para-hydroxylation sites is 1. The molecular weight excluding hydrogens is 410 g/mol. The van der Waals surface area contributed by atoms with Crippen molar-refractivity contribution in [1.29, 1.82) is 0 Å². The first kappa shape index (κ1) is 20.9. The smallest absolute Gasteiger partial charge is 0.214 e. The number of tetrazole rings is 1. The zero-order valence-electron chi connectivity index (χ0n) is 17.9. The van der Waals surface area contributed by atoms with Crippen molar-refractivity contribution in [3.05, 3.63) is 77.1 Å². The van der Waals surface area contributed by atoms with Crippen LogP contribution in [-0.4, -0.2) is 43.4 Å². The largest absolute Gasteiger partial charge is 0.494 e. The van der Waals surface area contributed by atoms with Gasteiger partial charge < -0.3 is 9.30 Å². The first-order valence-corrected chi connectivity index (χ1v) is 10.8. The molecule has 31 heavy (non-hydrogen) atoms. The number of methoxy groups -OCH3 is 1. The molecule has 0 radical (unpaired) electrons. The summed E-state index contributed by atoms with van der Waals surface area (Å²) in [4.78, 5) is 13.0. The lowest BCUT2D eigenvalue weighted by Gasteiger charge is -2.10. The molecule has 0 unspecified atom stereocenters. The summed E-state index contributed by atoms with van der Waals surface area (Å²) in [6, 6.07) is 17.8. The lowest BCUT2D eigenvalue weighted by molar-refractivity contribution is 0.102. The SMILES string of the molecule is COc1ccc(C)cc1-n1nnnc1SCC(=O)c1cc(C)n(-c2ccccc2)c1C. The number of ether oxygens (including phenoxy) is 1. The fourth-order valence-corrected chi connectivity index (χ4v) is 4.38. The minimum atomic E-state index is 0.0334. The van der Waals surface area contributed by atoms with Gasteiger partial charge >= 0.3 is 0 Å². The third-order valence-electron chi connectivity index (χ3n) is 5.08. The summed E-state index contributed by atoms with van der Waals surface area (Å²) in [7, 11) is 1.61. The number of hydrogen-bond acceptors (Lipinski definition) is 6. The average molecular weight is 434 g/mol. The number of aryl methyl sites for hydroxylation is 2. The van der Waals surface area contributed by atoms with Gasteiger partial charge in [-0.05, 0) is 67.1 Å². The molecule has 0 N–H and O–H groups in total. The lowest BCUT2D eigenvalue weighted by Crippen LogP contribution is -2.07. The highest BCUT2D eigenvalue weighted by Gasteiger charge is 2.19. The molecule has 0 aliphatic rings. The number of benzene rings is 2. The predicted octanol–water partition coefficient (Wildman–Crippen LogP) is 4.36. The Hall–Kier alpha value is -3.39. The molecular formula is C23H23N5O2S. The zero-order valence-corrected chi connectivity index (χ0v) is 18.7. The normalized spacial score (nSPS) is 11.0. The molecule has 0 amide bonds. The van der Waals surface area contributed by atoms with Crippen LogP contribution in [0.3, 0.4) is 0 Å². The van der Waals surface area contributed by atoms with E-state index in [1.54, 1.807) is 11.8 Å². The molecule has 2 heterocycles. The van der Waals surface area contributed by atoms with Gasteiger partial charge in [0.05, 0.1) is 12.9 Å². The third-order valence-corrected chi connectivity index (χ3v) is 6.00. The molecule has 8 heteroatoms. The second-order valence-electron chi connectivity index (χ2n) is 7.22. The average Bonchev–Trinajstić information content (AvgIpc) is 3.36. The number of ketones is 1. The number of thioether (sulfide) groups is 1. The summed E-state index contributed by atoms with van der Waals surface area (Å²) in [6.45, 7) is 5.97. The zero-order chi connectivity index (χ0) is 22.0. The minimum absolute atomic E-state index is 0.0334. The fraction of sp³-hybridized carbons (Fsp3) is 0.217. The van der Waals surface area contributed by atoms with Crippen LogP contribution in [0.1, 0.15) is 27.3 Å². The molecule has 0 fully saturated rings. The fourth-order valence-electron chi connectivity index (χ4n) is 3.61. The minimum Gasteiger partial charge on any atom is -0.494 e. The van der Waals surface area contributed by atoms with Crippen LogP contribution in [0.2, 0.25) is 0 Å². The first-order chi connectivity index (χ1) is 15.0. The maximum absolute atomic E-state index is 13.0. The van der Waals surface area contributed by atoms with Gasteiger partial charge in [0, 0.05) is 22.6 Å². The van der Waals surface area contributed by atoms with Gasteiger partial charge in [0.2, 0.25) is 5.16 Å². The molecule has 4 aromatic rings. The van der Waals surface area contributed by atoms with Crippen LogP contribution in [0, 0.1) is 20.8 Å². The van der Waals surface area contributed by atoms with Crippen LogP contribution < -0.4 is 4.74 Å². The Labute approximate surface area is 185 Å². The number of aromatic nitrogens is 5. The Bertz CT molecular complexity index is 1230. The topological polar surface area (TPSA) is 74.8 Å². The number of carbonyl (C=O) groups excluding carboxylic acids is 1. The van der Waals surface area contributed by atoms with Gasteiger partial charge in [-0.25, -0.2) is 0 Å². The van der Waals surface area contributed by atoms with E-state index < -0.39 is 0 Å². The quantitative estimate of drug-likeness (QED) is 0.318. The highest BCUT2D eigenvalue weighted by molar-refractivity contribution is 7.99. The number of rotatable bonds is 7. The van der Waals surface area contributed by atoms with E-state index in [0.29, 0.717) is 16.5 Å². The van der Waals surface area contributed by atoms with Crippen LogP contribution in [0.25, 0.3) is 11.4 Å². The first-order valence-electron chi connectivity index (χ1n) is 9.83. The number of carbonyl (C=O) groups is 1. The van der Waals surface area contributed by atoms with E-state index in [-0.39, 0.29) is 11.5 Å². The van der Waals surface area contributed by atoms with Gasteiger partial charge in [0.1, 0.15) is 11.4 Å². The molecule has 2 aromatic carbocycles. The maximum atomic E-state index is 13.0. The molecule has 0 aliphatic carbocycles. The summed E-state index contributed by atoms with van der Waals surface area (Å²) in [5, 5.41) is 12.5. The van der Waals surface area contributed by atoms with Crippen LogP contribution in [0.4, 0.5) is 0 Å². The van der Waals surface area contributed by atoms with Crippen molar-refractivity contribution >= 4 is 17.5 Å². The number of Topliss-reactive ketones (excluding diaryl/α,β-unsaturated/α-hetero) is 1. The van der Waals surface area contributed by atoms with Crippen molar-refractivity contribution < 1.29 is 9.53 Å². The van der Waals surface area contributed by atoms with Crippen molar-refractivity contribution in [2.75, 3.05) is 12.9 Å². The highest BCUT2D eigenvalue weighted by Crippen LogP contribution is 2.28. The molecule has 2 aromatic heterocycles. The number of nitrogens with zero attached hydrogens (tertiary/aromatic N) is 5. The Morgan fingerprint density at radius 1 is 1.06 bits per heavy atom. The Kier molecular flexibility index (Phi) is 5.90. The van der Waals surface area contributed by atoms with Crippen LogP contribution in [0.5, 0.6) is 5.75 Å². The van der Waals surface area contributed by atoms with Gasteiger partial charge in [-0.2, -0.15) is 4.68 Å². The number of hydrogen-bond donors (Lipinski definition) is 0. The van der Waals surface area contributed by atoms with E-state index in [2.05, 4.69) is 20.1 Å². The van der Waals surface area contributed by atoms with E-state index in [1.165, 1.54) is 11.8 Å². The van der Waals surface area contributed by atoms with Gasteiger partial charge in [-0.1, -0.05) is 36.0 Å². The highest BCUT2D eigenvalue weighted by atomic mass is 32.2. The maximum Gasteiger partial charge on any atom is 0.214 e. The van der Waals surface area contributed by atoms with Crippen LogP contribution in [0.15, 0.2) is 59.8 Å². The van der Waals surface area contributed by atoms with Crippen molar-refractivity contribution in [2.24, 2.45) is 0 Å². The van der Waals surface area contributed by atoms with Crippen molar-refractivity contribution in [1.82, 2.24) is 24.8 Å². The second kappa shape index (κ2) is 8.77. The summed E-state index contributed by atoms with van der Waals surface area (Å²) >= 11 is 1.31. The standard InChI is InChI=1S/C23H23N5O2S/c1-15-10-11-22(30-4)20(12-15)28-23(24-25-26-28)31-14-21(29)19-13-16(2)27(17(19)3)18-8-6-5-7-9-18/h5-13H,14H2,1-4H3. The van der Waals surface area contributed by atoms with Gasteiger partial charge in [0.15, 0.2) is 5.78 Å². The summed E-state index contributed by atoms with van der Waals surface area (Å²) in [5.74, 6) is 0.927. The van der Waals surface area contributed by atoms with Gasteiger partial charge in [0.25, 0.3) is 0 Å². The lowest BCUT2D eigenvalue weighted by atomic mass is 10.2. The van der Waals surface area contributed by atoms with Crippen LogP contribution in [-0.2, 0) is 0 Å². The molecule has 0 aliphatic heterocycles. The molecule has 7 nitrogen and oxygen atoms in total. The third kappa shape index (κ3) is 4.11. The summed E-state index contributed by atoms with van der Waals surface area (Å²) in [6.07, 6.45) is 0. The van der Waals surface area contributed by atoms with Crippen molar-refractivity contribution in [3.8, 4) is 17.1 Å². The second-order valence-corrected chi connectivity index (χ2v) is 8.16. The van der Waals surface area contributed by atoms with Crippen molar-refractivity contribution in [2.45, 2.75) is 25.9 Å². The molecule has 0 bridgehead atoms. The molecule has 4 rings (SSSR count). The Balaban J connectivity index is 1.57. The molecule has 0 saturated heterocycles. The van der Waals surface area contributed by atoms with Gasteiger partial charge in [-0.3, -0.25) is 4.79 Å². The van der Waals surface area contributed by atoms with Crippen LogP contribution >= 0.6 is 11.8 Å². The Morgan fingerprint density at radius 2 is 1.84 bits per heavy atom. The summed E-state index contributed by atoms with van der Waals surface area (Å²) in [5.41, 5.74) is 5.50. The Morgan fingerprint density at radius 3 is 2.58 bits per heavy atom. The predicted molar refractivity (Wildman–Crippen MR) is 121 cm³/mol. The van der Waals surface area contributed by atoms with E-state index in [1.807, 2.05) is 75.4 Å². The van der Waals surface area contributed by atoms with Crippen molar-refractivity contribution in [3.63, 3.8) is 0 Å². The molecule has 0 atom stereocenters. The molecule has 0 spiro atoms. The molecule has 158 valence electrons.